The van der Waals surface area contributed by atoms with Crippen LogP contribution in [-0.4, -0.2) is 4.57 Å². The molecule has 0 N–H and O–H groups in total. The maximum Gasteiger partial charge on any atom is 0.255 e. The lowest BCUT2D eigenvalue weighted by molar-refractivity contribution is 0.916. The summed E-state index contributed by atoms with van der Waals surface area (Å²) in [6, 6.07) is 11.6. The van der Waals surface area contributed by atoms with Gasteiger partial charge in [0.15, 0.2) is 0 Å². The average Bonchev–Trinajstić information content (AvgIpc) is 2.34. The Morgan fingerprint density at radius 2 is 1.76 bits per heavy atom. The van der Waals surface area contributed by atoms with Crippen LogP contribution in [-0.2, 0) is 6.42 Å². The number of aryl methyl sites for hydroxylation is 2. The second-order valence-corrected chi connectivity index (χ2v) is 4.33. The van der Waals surface area contributed by atoms with Crippen LogP contribution in [0, 0.1) is 6.92 Å². The Balaban J connectivity index is 2.39. The van der Waals surface area contributed by atoms with Crippen LogP contribution in [0.3, 0.4) is 0 Å². The van der Waals surface area contributed by atoms with Crippen molar-refractivity contribution in [1.82, 2.24) is 4.57 Å². The summed E-state index contributed by atoms with van der Waals surface area (Å²) in [6.45, 7) is 4.15. The smallest absolute Gasteiger partial charge is 0.255 e. The van der Waals surface area contributed by atoms with Crippen molar-refractivity contribution < 1.29 is 0 Å². The maximum absolute atomic E-state index is 11.7. The van der Waals surface area contributed by atoms with Gasteiger partial charge in [-0.25, -0.2) is 0 Å². The van der Waals surface area contributed by atoms with E-state index >= 15 is 0 Å². The molecule has 2 nitrogen and oxygen atoms in total. The number of hydrogen-bond acceptors (Lipinski definition) is 1. The van der Waals surface area contributed by atoms with Crippen molar-refractivity contribution in [1.29, 1.82) is 0 Å². The van der Waals surface area contributed by atoms with Gasteiger partial charge in [-0.15, -0.1) is 0 Å². The molecule has 17 heavy (non-hydrogen) atoms. The summed E-state index contributed by atoms with van der Waals surface area (Å²) < 4.78 is 1.69. The first-order valence-electron chi connectivity index (χ1n) is 5.99. The van der Waals surface area contributed by atoms with Gasteiger partial charge in [0.2, 0.25) is 0 Å². The highest BCUT2D eigenvalue weighted by Gasteiger charge is 1.99. The van der Waals surface area contributed by atoms with Crippen LogP contribution in [0.1, 0.15) is 24.5 Å². The fourth-order valence-electron chi connectivity index (χ4n) is 1.91. The maximum atomic E-state index is 11.7. The number of rotatable bonds is 3. The van der Waals surface area contributed by atoms with Crippen LogP contribution in [0.15, 0.2) is 47.4 Å². The van der Waals surface area contributed by atoms with Gasteiger partial charge in [0, 0.05) is 18.0 Å². The third-order valence-corrected chi connectivity index (χ3v) is 2.81. The predicted molar refractivity (Wildman–Crippen MR) is 70.8 cm³/mol. The predicted octanol–water partition coefficient (Wildman–Crippen LogP) is 3.10. The fourth-order valence-corrected chi connectivity index (χ4v) is 1.91. The Kier molecular flexibility index (Phi) is 3.43. The molecular formula is C15H17NO. The van der Waals surface area contributed by atoms with Crippen molar-refractivity contribution >= 4 is 0 Å². The van der Waals surface area contributed by atoms with Crippen molar-refractivity contribution in [2.75, 3.05) is 0 Å². The molecular weight excluding hydrogens is 210 g/mol. The van der Waals surface area contributed by atoms with Gasteiger partial charge in [0.25, 0.3) is 5.56 Å². The summed E-state index contributed by atoms with van der Waals surface area (Å²) in [5.41, 5.74) is 3.34. The van der Waals surface area contributed by atoms with Crippen molar-refractivity contribution in [3.8, 4) is 5.69 Å². The zero-order valence-electron chi connectivity index (χ0n) is 10.3. The van der Waals surface area contributed by atoms with Crippen LogP contribution in [0.25, 0.3) is 5.69 Å². The van der Waals surface area contributed by atoms with E-state index in [4.69, 9.17) is 0 Å². The number of nitrogens with zero attached hydrogens (tertiary/aromatic N) is 1. The second-order valence-electron chi connectivity index (χ2n) is 4.33. The molecule has 0 spiro atoms. The first-order chi connectivity index (χ1) is 8.20. The molecule has 0 aliphatic carbocycles. The summed E-state index contributed by atoms with van der Waals surface area (Å²) in [5, 5.41) is 0. The van der Waals surface area contributed by atoms with E-state index in [1.807, 2.05) is 31.3 Å². The molecule has 0 saturated heterocycles. The molecule has 0 aliphatic rings. The van der Waals surface area contributed by atoms with E-state index in [0.717, 1.165) is 24.1 Å². The summed E-state index contributed by atoms with van der Waals surface area (Å²) in [4.78, 5) is 11.7. The van der Waals surface area contributed by atoms with Gasteiger partial charge in [0.05, 0.1) is 0 Å². The minimum absolute atomic E-state index is 0.0128. The summed E-state index contributed by atoms with van der Waals surface area (Å²) in [6.07, 6.45) is 4.10. The first kappa shape index (κ1) is 11.6. The van der Waals surface area contributed by atoms with Crippen LogP contribution < -0.4 is 5.56 Å². The molecule has 1 aromatic heterocycles. The highest BCUT2D eigenvalue weighted by Crippen LogP contribution is 2.10. The second kappa shape index (κ2) is 5.00. The van der Waals surface area contributed by atoms with Crippen LogP contribution in [0.2, 0.25) is 0 Å². The van der Waals surface area contributed by atoms with Crippen molar-refractivity contribution in [3.63, 3.8) is 0 Å². The molecule has 0 amide bonds. The van der Waals surface area contributed by atoms with E-state index in [9.17, 15) is 4.79 Å². The van der Waals surface area contributed by atoms with Gasteiger partial charge in [0.1, 0.15) is 0 Å². The highest BCUT2D eigenvalue weighted by molar-refractivity contribution is 5.35. The van der Waals surface area contributed by atoms with E-state index in [0.29, 0.717) is 0 Å². The van der Waals surface area contributed by atoms with E-state index in [-0.39, 0.29) is 5.56 Å². The number of pyridine rings is 1. The molecule has 0 saturated carbocycles. The molecule has 1 aromatic carbocycles. The first-order valence-corrected chi connectivity index (χ1v) is 5.99. The molecule has 0 unspecified atom stereocenters. The summed E-state index contributed by atoms with van der Waals surface area (Å²) >= 11 is 0. The van der Waals surface area contributed by atoms with Gasteiger partial charge < -0.3 is 0 Å². The van der Waals surface area contributed by atoms with Crippen LogP contribution in [0.5, 0.6) is 0 Å². The largest absolute Gasteiger partial charge is 0.284 e. The molecule has 0 fully saturated rings. The molecule has 88 valence electrons. The topological polar surface area (TPSA) is 22.0 Å². The molecule has 2 rings (SSSR count). The van der Waals surface area contributed by atoms with Gasteiger partial charge in [-0.2, -0.15) is 0 Å². The minimum atomic E-state index is 0.0128. The molecule has 1 heterocycles. The quantitative estimate of drug-likeness (QED) is 0.789. The van der Waals surface area contributed by atoms with Crippen LogP contribution >= 0.6 is 0 Å². The van der Waals surface area contributed by atoms with Crippen molar-refractivity contribution in [3.05, 3.63) is 64.1 Å². The Morgan fingerprint density at radius 3 is 2.41 bits per heavy atom. The fraction of sp³-hybridized carbons (Fsp3) is 0.267. The summed E-state index contributed by atoms with van der Waals surface area (Å²) in [7, 11) is 0. The van der Waals surface area contributed by atoms with Gasteiger partial charge in [-0.3, -0.25) is 9.36 Å². The normalized spacial score (nSPS) is 10.5. The zero-order chi connectivity index (χ0) is 12.3. The monoisotopic (exact) mass is 227 g/mol. The molecule has 0 bridgehead atoms. The lowest BCUT2D eigenvalue weighted by Crippen LogP contribution is -2.16. The number of benzene rings is 1. The number of aromatic nitrogens is 1. The van der Waals surface area contributed by atoms with E-state index in [1.165, 1.54) is 5.56 Å². The number of hydrogen-bond donors (Lipinski definition) is 0. The zero-order valence-corrected chi connectivity index (χ0v) is 10.3. The van der Waals surface area contributed by atoms with E-state index in [1.54, 1.807) is 10.6 Å². The van der Waals surface area contributed by atoms with Crippen molar-refractivity contribution in [2.45, 2.75) is 26.7 Å². The molecule has 2 heteroatoms. The Bertz CT molecular complexity index is 552. The lowest BCUT2D eigenvalue weighted by atomic mass is 10.1. The van der Waals surface area contributed by atoms with Crippen LogP contribution in [0.4, 0.5) is 0 Å². The SMILES string of the molecule is CCCc1ccc(-n2cc(C)ccc2=O)cc1. The molecule has 2 aromatic rings. The molecule has 0 radical (unpaired) electrons. The third-order valence-electron chi connectivity index (χ3n) is 2.81. The average molecular weight is 227 g/mol. The molecule has 0 atom stereocenters. The molecule has 0 aliphatic heterocycles. The lowest BCUT2D eigenvalue weighted by Gasteiger charge is -2.07. The standard InChI is InChI=1S/C15H17NO/c1-3-4-13-6-8-14(9-7-13)16-11-12(2)5-10-15(16)17/h5-11H,3-4H2,1-2H3. The highest BCUT2D eigenvalue weighted by atomic mass is 16.1. The van der Waals surface area contributed by atoms with E-state index in [2.05, 4.69) is 19.1 Å². The Labute approximate surface area is 102 Å². The van der Waals surface area contributed by atoms with Gasteiger partial charge in [-0.1, -0.05) is 31.5 Å². The summed E-state index contributed by atoms with van der Waals surface area (Å²) in [5.74, 6) is 0. The van der Waals surface area contributed by atoms with Crippen molar-refractivity contribution in [2.24, 2.45) is 0 Å². The van der Waals surface area contributed by atoms with E-state index < -0.39 is 0 Å². The Morgan fingerprint density at radius 1 is 1.06 bits per heavy atom. The van der Waals surface area contributed by atoms with Gasteiger partial charge >= 0.3 is 0 Å². The minimum Gasteiger partial charge on any atom is -0.284 e. The Hall–Kier alpha value is -1.83. The third kappa shape index (κ3) is 2.64. The van der Waals surface area contributed by atoms with Gasteiger partial charge in [-0.05, 0) is 36.6 Å².